The van der Waals surface area contributed by atoms with E-state index in [1.807, 2.05) is 32.0 Å². The molecule has 41 heavy (non-hydrogen) atoms. The summed E-state index contributed by atoms with van der Waals surface area (Å²) in [5.74, 6) is -0.219. The molecule has 0 aliphatic carbocycles. The van der Waals surface area contributed by atoms with E-state index in [0.717, 1.165) is 62.5 Å². The number of thiocarbonyl (C=S) groups is 1. The van der Waals surface area contributed by atoms with Crippen molar-refractivity contribution in [1.82, 2.24) is 14.3 Å². The quantitative estimate of drug-likeness (QED) is 0.122. The lowest BCUT2D eigenvalue weighted by Gasteiger charge is -2.14. The molecule has 1 aliphatic heterocycles. The number of amides is 1. The van der Waals surface area contributed by atoms with Gasteiger partial charge >= 0.3 is 5.97 Å². The van der Waals surface area contributed by atoms with Gasteiger partial charge in [0, 0.05) is 19.2 Å². The van der Waals surface area contributed by atoms with E-state index >= 15 is 0 Å². The van der Waals surface area contributed by atoms with Crippen molar-refractivity contribution >= 4 is 51.9 Å². The Bertz CT molecular complexity index is 1530. The van der Waals surface area contributed by atoms with Crippen molar-refractivity contribution in [2.45, 2.75) is 71.6 Å². The molecule has 1 fully saturated rings. The molecule has 3 heterocycles. The van der Waals surface area contributed by atoms with Gasteiger partial charge in [-0.2, -0.15) is 4.98 Å². The molecule has 0 atom stereocenters. The molecular formula is C31H35N3O5S2. The van der Waals surface area contributed by atoms with E-state index in [1.54, 1.807) is 35.4 Å². The Balaban J connectivity index is 1.43. The number of carbonyl (C=O) groups is 2. The number of aromatic nitrogens is 2. The van der Waals surface area contributed by atoms with Crippen LogP contribution in [0.25, 0.3) is 11.7 Å². The van der Waals surface area contributed by atoms with Crippen molar-refractivity contribution in [2.24, 2.45) is 0 Å². The maximum Gasteiger partial charge on any atom is 0.303 e. The van der Waals surface area contributed by atoms with Gasteiger partial charge in [0.15, 0.2) is 0 Å². The number of pyridine rings is 1. The van der Waals surface area contributed by atoms with Gasteiger partial charge in [0.05, 0.1) is 4.91 Å². The first-order valence-electron chi connectivity index (χ1n) is 14.0. The zero-order valence-corrected chi connectivity index (χ0v) is 25.1. The van der Waals surface area contributed by atoms with Crippen molar-refractivity contribution in [3.63, 3.8) is 0 Å². The number of rotatable bonds is 14. The average molecular weight is 594 g/mol. The van der Waals surface area contributed by atoms with Crippen LogP contribution in [0.5, 0.6) is 11.6 Å². The third-order valence-electron chi connectivity index (χ3n) is 6.94. The first kappa shape index (κ1) is 30.5. The van der Waals surface area contributed by atoms with E-state index in [1.165, 1.54) is 16.2 Å². The highest BCUT2D eigenvalue weighted by atomic mass is 32.2. The summed E-state index contributed by atoms with van der Waals surface area (Å²) in [7, 11) is 0. The van der Waals surface area contributed by atoms with Gasteiger partial charge in [0.25, 0.3) is 11.5 Å². The van der Waals surface area contributed by atoms with Crippen LogP contribution in [0, 0.1) is 13.8 Å². The monoisotopic (exact) mass is 593 g/mol. The molecule has 216 valence electrons. The lowest BCUT2D eigenvalue weighted by Crippen LogP contribution is -2.29. The van der Waals surface area contributed by atoms with Crippen molar-refractivity contribution in [1.29, 1.82) is 0 Å². The van der Waals surface area contributed by atoms with Crippen molar-refractivity contribution in [3.05, 3.63) is 74.5 Å². The Labute approximate surface area is 249 Å². The third kappa shape index (κ3) is 8.04. The Morgan fingerprint density at radius 2 is 1.73 bits per heavy atom. The number of thioether (sulfide) groups is 1. The number of carbonyl (C=O) groups excluding carboxylic acids is 1. The molecule has 1 aromatic carbocycles. The second kappa shape index (κ2) is 14.4. The van der Waals surface area contributed by atoms with Crippen molar-refractivity contribution in [3.8, 4) is 11.6 Å². The summed E-state index contributed by atoms with van der Waals surface area (Å²) < 4.78 is 8.08. The molecule has 4 rings (SSSR count). The average Bonchev–Trinajstić information content (AvgIpc) is 3.20. The van der Waals surface area contributed by atoms with Gasteiger partial charge < -0.3 is 9.84 Å². The fourth-order valence-electron chi connectivity index (χ4n) is 4.73. The Morgan fingerprint density at radius 3 is 2.44 bits per heavy atom. The molecule has 1 amide bonds. The number of nitrogens with zero attached hydrogens (tertiary/aromatic N) is 3. The minimum absolute atomic E-state index is 0.140. The molecule has 0 spiro atoms. The third-order valence-corrected chi connectivity index (χ3v) is 8.32. The molecule has 0 radical (unpaired) electrons. The Hall–Kier alpha value is -3.50. The summed E-state index contributed by atoms with van der Waals surface area (Å²) in [5, 5.41) is 8.70. The van der Waals surface area contributed by atoms with E-state index in [4.69, 9.17) is 22.1 Å². The van der Waals surface area contributed by atoms with Crippen LogP contribution in [-0.4, -0.2) is 42.1 Å². The number of hydrogen-bond donors (Lipinski definition) is 1. The number of benzene rings is 1. The standard InChI is InChI=1S/C31H35N3O5S2/c1-21-15-16-24(22(2)19-21)39-28-23(29(37)33-17-12-10-13-26(33)32-28)20-25-30(38)34(31(40)41-25)18-11-8-6-4-3-5-7-9-14-27(35)36/h10,12-13,15-17,19-20H,3-9,11,14,18H2,1-2H3,(H,35,36)/b25-20+. The van der Waals surface area contributed by atoms with Crippen LogP contribution in [0.1, 0.15) is 74.5 Å². The lowest BCUT2D eigenvalue weighted by molar-refractivity contribution is -0.137. The maximum atomic E-state index is 13.5. The van der Waals surface area contributed by atoms with Gasteiger partial charge in [-0.05, 0) is 56.5 Å². The van der Waals surface area contributed by atoms with Gasteiger partial charge in [-0.25, -0.2) is 0 Å². The van der Waals surface area contributed by atoms with E-state index in [-0.39, 0.29) is 29.3 Å². The second-order valence-electron chi connectivity index (χ2n) is 10.2. The van der Waals surface area contributed by atoms with Crippen LogP contribution in [0.3, 0.4) is 0 Å². The molecule has 1 N–H and O–H groups in total. The first-order valence-corrected chi connectivity index (χ1v) is 15.2. The zero-order chi connectivity index (χ0) is 29.4. The molecule has 0 bridgehead atoms. The van der Waals surface area contributed by atoms with Crippen molar-refractivity contribution in [2.75, 3.05) is 6.54 Å². The largest absolute Gasteiger partial charge is 0.481 e. The molecule has 3 aromatic rings. The van der Waals surface area contributed by atoms with Gasteiger partial charge in [-0.3, -0.25) is 23.7 Å². The van der Waals surface area contributed by atoms with Crippen LogP contribution in [-0.2, 0) is 9.59 Å². The van der Waals surface area contributed by atoms with Crippen LogP contribution < -0.4 is 10.3 Å². The van der Waals surface area contributed by atoms with Crippen molar-refractivity contribution < 1.29 is 19.4 Å². The molecule has 0 saturated carbocycles. The Kier molecular flexibility index (Phi) is 10.7. The summed E-state index contributed by atoms with van der Waals surface area (Å²) in [6.07, 6.45) is 11.2. The number of fused-ring (bicyclic) bond motifs is 1. The van der Waals surface area contributed by atoms with E-state index in [2.05, 4.69) is 4.98 Å². The number of aryl methyl sites for hydroxylation is 2. The smallest absolute Gasteiger partial charge is 0.303 e. The van der Waals surface area contributed by atoms with Crippen LogP contribution >= 0.6 is 24.0 Å². The normalized spacial score (nSPS) is 14.4. The SMILES string of the molecule is Cc1ccc(Oc2nc3ccccn3c(=O)c2/C=C2/SC(=S)N(CCCCCCCCCCC(=O)O)C2=O)c(C)c1. The second-order valence-corrected chi connectivity index (χ2v) is 11.9. The highest BCUT2D eigenvalue weighted by Crippen LogP contribution is 2.35. The predicted molar refractivity (Wildman–Crippen MR) is 167 cm³/mol. The number of hydrogen-bond acceptors (Lipinski definition) is 7. The summed E-state index contributed by atoms with van der Waals surface area (Å²) in [6.45, 7) is 4.46. The summed E-state index contributed by atoms with van der Waals surface area (Å²) in [6, 6.07) is 11.1. The molecule has 1 aliphatic rings. The molecular weight excluding hydrogens is 558 g/mol. The molecule has 8 nitrogen and oxygen atoms in total. The minimum atomic E-state index is -0.733. The fourth-order valence-corrected chi connectivity index (χ4v) is 6.02. The highest BCUT2D eigenvalue weighted by molar-refractivity contribution is 8.26. The van der Waals surface area contributed by atoms with Gasteiger partial charge in [-0.1, -0.05) is 86.3 Å². The number of carboxylic acid groups (broad SMARTS) is 1. The predicted octanol–water partition coefficient (Wildman–Crippen LogP) is 6.90. The number of aliphatic carboxylic acids is 1. The van der Waals surface area contributed by atoms with Crippen LogP contribution in [0.15, 0.2) is 52.3 Å². The Morgan fingerprint density at radius 1 is 1.02 bits per heavy atom. The lowest BCUT2D eigenvalue weighted by atomic mass is 10.1. The fraction of sp³-hybridized carbons (Fsp3) is 0.387. The summed E-state index contributed by atoms with van der Waals surface area (Å²) >= 11 is 6.71. The summed E-state index contributed by atoms with van der Waals surface area (Å²) in [5.41, 5.74) is 2.32. The zero-order valence-electron chi connectivity index (χ0n) is 23.4. The molecule has 10 heteroatoms. The highest BCUT2D eigenvalue weighted by Gasteiger charge is 2.32. The first-order chi connectivity index (χ1) is 19.7. The minimum Gasteiger partial charge on any atom is -0.481 e. The van der Waals surface area contributed by atoms with Gasteiger partial charge in [0.2, 0.25) is 5.88 Å². The van der Waals surface area contributed by atoms with E-state index in [0.29, 0.717) is 27.2 Å². The van der Waals surface area contributed by atoms with Gasteiger partial charge in [-0.15, -0.1) is 0 Å². The number of unbranched alkanes of at least 4 members (excludes halogenated alkanes) is 7. The topological polar surface area (TPSA) is 101 Å². The maximum absolute atomic E-state index is 13.5. The molecule has 1 saturated heterocycles. The summed E-state index contributed by atoms with van der Waals surface area (Å²) in [4.78, 5) is 44.0. The van der Waals surface area contributed by atoms with Crippen LogP contribution in [0.4, 0.5) is 0 Å². The number of ether oxygens (including phenoxy) is 1. The molecule has 2 aromatic heterocycles. The van der Waals surface area contributed by atoms with E-state index in [9.17, 15) is 14.4 Å². The molecule has 0 unspecified atom stereocenters. The number of carboxylic acids is 1. The van der Waals surface area contributed by atoms with E-state index < -0.39 is 5.97 Å². The van der Waals surface area contributed by atoms with Crippen LogP contribution in [0.2, 0.25) is 0 Å². The van der Waals surface area contributed by atoms with Gasteiger partial charge in [0.1, 0.15) is 21.3 Å².